The molecule has 0 saturated carbocycles. The number of rotatable bonds is 18. The second kappa shape index (κ2) is 15.9. The molecule has 4 unspecified atom stereocenters. The molecule has 198 valence electrons. The Labute approximate surface area is 199 Å². The van der Waals surface area contributed by atoms with E-state index in [-0.39, 0.29) is 6.42 Å². The van der Waals surface area contributed by atoms with Gasteiger partial charge in [-0.2, -0.15) is 0 Å². The van der Waals surface area contributed by atoms with E-state index >= 15 is 0 Å². The van der Waals surface area contributed by atoms with Gasteiger partial charge in [0.05, 0.1) is 18.9 Å². The molecule has 35 heavy (non-hydrogen) atoms. The minimum absolute atomic E-state index is 0.00105. The minimum Gasteiger partial charge on any atom is -0.481 e. The number of nitrogens with one attached hydrogen (secondary N) is 3. The van der Waals surface area contributed by atoms with Crippen LogP contribution in [0.4, 0.5) is 0 Å². The summed E-state index contributed by atoms with van der Waals surface area (Å²) in [6.07, 6.45) is -1.72. The van der Waals surface area contributed by atoms with Crippen LogP contribution in [0, 0.1) is 0 Å². The van der Waals surface area contributed by atoms with Crippen molar-refractivity contribution in [3.8, 4) is 0 Å². The molecule has 0 aliphatic rings. The van der Waals surface area contributed by atoms with E-state index in [0.29, 0.717) is 19.4 Å². The Kier molecular flexibility index (Phi) is 14.2. The van der Waals surface area contributed by atoms with Gasteiger partial charge in [-0.05, 0) is 32.2 Å². The molecule has 0 aromatic rings. The number of unbranched alkanes of at least 4 members (excludes halogenated alkanes) is 1. The molecule has 0 aliphatic heterocycles. The number of hydrogen-bond acceptors (Lipinski definition) is 9. The fourth-order valence-corrected chi connectivity index (χ4v) is 2.80. The van der Waals surface area contributed by atoms with E-state index in [1.807, 2.05) is 0 Å². The molecule has 0 saturated heterocycles. The van der Waals surface area contributed by atoms with Crippen molar-refractivity contribution in [3.63, 3.8) is 0 Å². The van der Waals surface area contributed by atoms with Gasteiger partial charge in [-0.15, -0.1) is 0 Å². The molecule has 4 atom stereocenters. The molecular weight excluding hydrogens is 472 g/mol. The summed E-state index contributed by atoms with van der Waals surface area (Å²) in [4.78, 5) is 81.9. The van der Waals surface area contributed by atoms with Gasteiger partial charge in [0.1, 0.15) is 18.1 Å². The molecule has 0 spiro atoms. The standard InChI is InChI=1S/C19H32N6O10/c20-6-2-1-3-11(19(34)35)24-18(33)12(8-15(29)30)25-17(32)10(4-5-14(27)28)23-16(31)9(21)7-13(22)26/h9-12H,1-8,20-21H2,(H2,22,26)(H,23,31)(H,24,33)(H,25,32)(H,27,28)(H,29,30)(H,34,35). The maximum absolute atomic E-state index is 12.7. The Balaban J connectivity index is 5.55. The summed E-state index contributed by atoms with van der Waals surface area (Å²) >= 11 is 0. The van der Waals surface area contributed by atoms with E-state index in [1.165, 1.54) is 0 Å². The Hall–Kier alpha value is -3.79. The summed E-state index contributed by atoms with van der Waals surface area (Å²) in [7, 11) is 0. The average Bonchev–Trinajstić information content (AvgIpc) is 2.73. The van der Waals surface area contributed by atoms with Crippen molar-refractivity contribution in [1.82, 2.24) is 16.0 Å². The lowest BCUT2D eigenvalue weighted by atomic mass is 10.1. The van der Waals surface area contributed by atoms with Crippen LogP contribution in [0.3, 0.4) is 0 Å². The number of carbonyl (C=O) groups is 7. The van der Waals surface area contributed by atoms with E-state index in [4.69, 9.17) is 27.4 Å². The quantitative estimate of drug-likeness (QED) is 0.0812. The maximum atomic E-state index is 12.7. The van der Waals surface area contributed by atoms with Crippen molar-refractivity contribution in [2.24, 2.45) is 17.2 Å². The minimum atomic E-state index is -1.75. The molecule has 16 nitrogen and oxygen atoms in total. The van der Waals surface area contributed by atoms with Gasteiger partial charge in [0.2, 0.25) is 23.6 Å². The van der Waals surface area contributed by atoms with Crippen molar-refractivity contribution in [2.75, 3.05) is 6.54 Å². The van der Waals surface area contributed by atoms with Crippen LogP contribution < -0.4 is 33.2 Å². The number of nitrogens with two attached hydrogens (primary N) is 3. The van der Waals surface area contributed by atoms with Crippen molar-refractivity contribution in [1.29, 1.82) is 0 Å². The third-order valence-corrected chi connectivity index (χ3v) is 4.61. The van der Waals surface area contributed by atoms with Crippen LogP contribution >= 0.6 is 0 Å². The first kappa shape index (κ1) is 31.2. The van der Waals surface area contributed by atoms with Crippen molar-refractivity contribution < 1.29 is 48.9 Å². The Morgan fingerprint density at radius 2 is 1.23 bits per heavy atom. The van der Waals surface area contributed by atoms with E-state index in [2.05, 4.69) is 16.0 Å². The van der Waals surface area contributed by atoms with Gasteiger partial charge < -0.3 is 48.5 Å². The highest BCUT2D eigenvalue weighted by atomic mass is 16.4. The number of primary amides is 1. The van der Waals surface area contributed by atoms with Gasteiger partial charge in [-0.25, -0.2) is 4.79 Å². The molecule has 0 aromatic heterocycles. The SMILES string of the molecule is NCCCCC(NC(=O)C(CC(=O)O)NC(=O)C(CCC(=O)O)NC(=O)C(N)CC(N)=O)C(=O)O. The fraction of sp³-hybridized carbons (Fsp3) is 0.632. The normalized spacial score (nSPS) is 14.0. The number of aliphatic carboxylic acids is 3. The van der Waals surface area contributed by atoms with Crippen LogP contribution in [0.2, 0.25) is 0 Å². The van der Waals surface area contributed by atoms with Crippen molar-refractivity contribution in [3.05, 3.63) is 0 Å². The molecule has 16 heteroatoms. The van der Waals surface area contributed by atoms with Crippen LogP contribution in [-0.4, -0.2) is 87.6 Å². The first-order valence-electron chi connectivity index (χ1n) is 10.6. The first-order chi connectivity index (χ1) is 16.3. The molecule has 4 amide bonds. The zero-order valence-electron chi connectivity index (χ0n) is 18.9. The van der Waals surface area contributed by atoms with E-state index in [1.54, 1.807) is 0 Å². The molecule has 0 bridgehead atoms. The lowest BCUT2D eigenvalue weighted by Crippen LogP contribution is -2.57. The third-order valence-electron chi connectivity index (χ3n) is 4.61. The van der Waals surface area contributed by atoms with Crippen LogP contribution in [-0.2, 0) is 33.6 Å². The highest BCUT2D eigenvalue weighted by Gasteiger charge is 2.32. The molecule has 0 rings (SSSR count). The molecule has 0 fully saturated rings. The smallest absolute Gasteiger partial charge is 0.326 e. The molecule has 0 aliphatic carbocycles. The highest BCUT2D eigenvalue weighted by molar-refractivity contribution is 5.96. The summed E-state index contributed by atoms with van der Waals surface area (Å²) in [5.41, 5.74) is 15.8. The molecule has 0 aromatic carbocycles. The monoisotopic (exact) mass is 504 g/mol. The molecule has 0 radical (unpaired) electrons. The largest absolute Gasteiger partial charge is 0.481 e. The van der Waals surface area contributed by atoms with Gasteiger partial charge in [0, 0.05) is 6.42 Å². The number of amides is 4. The number of carboxylic acids is 3. The van der Waals surface area contributed by atoms with Crippen LogP contribution in [0.25, 0.3) is 0 Å². The molecule has 0 heterocycles. The summed E-state index contributed by atoms with van der Waals surface area (Å²) in [6, 6.07) is -6.14. The fourth-order valence-electron chi connectivity index (χ4n) is 2.80. The van der Waals surface area contributed by atoms with Gasteiger partial charge in [-0.3, -0.25) is 28.8 Å². The topological polar surface area (TPSA) is 294 Å². The van der Waals surface area contributed by atoms with E-state index < -0.39 is 91.4 Å². The van der Waals surface area contributed by atoms with Crippen LogP contribution in [0.5, 0.6) is 0 Å². The Morgan fingerprint density at radius 3 is 1.71 bits per heavy atom. The van der Waals surface area contributed by atoms with E-state index in [9.17, 15) is 38.7 Å². The summed E-state index contributed by atoms with van der Waals surface area (Å²) in [5, 5.41) is 33.7. The number of carbonyl (C=O) groups excluding carboxylic acids is 4. The number of carboxylic acid groups (broad SMARTS) is 3. The summed E-state index contributed by atoms with van der Waals surface area (Å²) < 4.78 is 0. The Bertz CT molecular complexity index is 805. The van der Waals surface area contributed by atoms with Gasteiger partial charge in [0.25, 0.3) is 0 Å². The van der Waals surface area contributed by atoms with Gasteiger partial charge in [0.15, 0.2) is 0 Å². The van der Waals surface area contributed by atoms with Gasteiger partial charge in [-0.1, -0.05) is 0 Å². The second-order valence-corrected chi connectivity index (χ2v) is 7.61. The average molecular weight is 504 g/mol. The van der Waals surface area contributed by atoms with E-state index in [0.717, 1.165) is 0 Å². The molecular formula is C19H32N6O10. The highest BCUT2D eigenvalue weighted by Crippen LogP contribution is 2.05. The number of hydrogen-bond donors (Lipinski definition) is 9. The second-order valence-electron chi connectivity index (χ2n) is 7.61. The van der Waals surface area contributed by atoms with Crippen LogP contribution in [0.15, 0.2) is 0 Å². The van der Waals surface area contributed by atoms with Crippen molar-refractivity contribution >= 4 is 41.5 Å². The van der Waals surface area contributed by atoms with Crippen molar-refractivity contribution in [2.45, 2.75) is 69.1 Å². The lowest BCUT2D eigenvalue weighted by Gasteiger charge is -2.24. The first-order valence-corrected chi connectivity index (χ1v) is 10.6. The Morgan fingerprint density at radius 1 is 0.686 bits per heavy atom. The molecule has 12 N–H and O–H groups in total. The zero-order chi connectivity index (χ0) is 27.1. The lowest BCUT2D eigenvalue weighted by molar-refractivity contribution is -0.143. The zero-order valence-corrected chi connectivity index (χ0v) is 18.9. The predicted octanol–water partition coefficient (Wildman–Crippen LogP) is -3.80. The van der Waals surface area contributed by atoms with Gasteiger partial charge >= 0.3 is 17.9 Å². The maximum Gasteiger partial charge on any atom is 0.326 e. The predicted molar refractivity (Wildman–Crippen MR) is 117 cm³/mol. The van der Waals surface area contributed by atoms with Crippen LogP contribution in [0.1, 0.15) is 44.9 Å². The summed E-state index contributed by atoms with van der Waals surface area (Å²) in [5.74, 6) is -8.37. The summed E-state index contributed by atoms with van der Waals surface area (Å²) in [6.45, 7) is 0.296. The third kappa shape index (κ3) is 13.5.